The average molecular weight is 522 g/mol. The van der Waals surface area contributed by atoms with E-state index in [-0.39, 0.29) is 11.5 Å². The second-order valence-corrected chi connectivity index (χ2v) is 9.05. The van der Waals surface area contributed by atoms with E-state index in [4.69, 9.17) is 18.9 Å². The number of halogens is 1. The summed E-state index contributed by atoms with van der Waals surface area (Å²) in [6.07, 6.45) is 2.55. The number of nitrogens with zero attached hydrogens (tertiary/aromatic N) is 1. The normalized spacial score (nSPS) is 16.0. The van der Waals surface area contributed by atoms with E-state index >= 15 is 0 Å². The molecule has 0 saturated heterocycles. The van der Waals surface area contributed by atoms with Gasteiger partial charge in [-0.25, -0.2) is 0 Å². The first-order valence-corrected chi connectivity index (χ1v) is 11.8. The summed E-state index contributed by atoms with van der Waals surface area (Å²) in [6.45, 7) is 1.90. The van der Waals surface area contributed by atoms with Gasteiger partial charge in [0.2, 0.25) is 5.78 Å². The summed E-state index contributed by atoms with van der Waals surface area (Å²) in [5.41, 5.74) is 3.35. The lowest BCUT2D eigenvalue weighted by Gasteiger charge is -2.29. The standard InChI is InChI=1S/C27H24BrNO5/c1-31-22-6-4-3-5-17(22)11-12-29-15-21-24(33-16-29)10-8-20-26(30)25(34-27(20)21)14-18-13-19(28)7-9-23(18)32-2/h3-10,13-14H,11-12,15-16H2,1-2H3/b25-14-. The van der Waals surface area contributed by atoms with Crippen LogP contribution in [0.4, 0.5) is 0 Å². The van der Waals surface area contributed by atoms with Crippen molar-refractivity contribution in [1.29, 1.82) is 0 Å². The number of allylic oxidation sites excluding steroid dienone is 1. The van der Waals surface area contributed by atoms with Crippen molar-refractivity contribution in [3.63, 3.8) is 0 Å². The number of rotatable bonds is 6. The van der Waals surface area contributed by atoms with Crippen LogP contribution >= 0.6 is 15.9 Å². The molecule has 34 heavy (non-hydrogen) atoms. The number of methoxy groups -OCH3 is 2. The minimum absolute atomic E-state index is 0.147. The lowest BCUT2D eigenvalue weighted by Crippen LogP contribution is -2.33. The largest absolute Gasteiger partial charge is 0.496 e. The van der Waals surface area contributed by atoms with E-state index in [0.717, 1.165) is 45.6 Å². The lowest BCUT2D eigenvalue weighted by molar-refractivity contribution is 0.0948. The van der Waals surface area contributed by atoms with Crippen LogP contribution in [0.1, 0.15) is 27.0 Å². The van der Waals surface area contributed by atoms with Gasteiger partial charge >= 0.3 is 0 Å². The SMILES string of the molecule is COc1ccc(Br)cc1/C=C1\Oc2c(ccc3c2CN(CCc2ccccc2OC)CO3)C1=O. The maximum Gasteiger partial charge on any atom is 0.231 e. The van der Waals surface area contributed by atoms with E-state index in [1.54, 1.807) is 26.4 Å². The Morgan fingerprint density at radius 1 is 1.06 bits per heavy atom. The molecule has 0 amide bonds. The summed E-state index contributed by atoms with van der Waals surface area (Å²) in [5, 5.41) is 0. The van der Waals surface area contributed by atoms with E-state index in [0.29, 0.717) is 30.3 Å². The van der Waals surface area contributed by atoms with Gasteiger partial charge in [0.25, 0.3) is 0 Å². The van der Waals surface area contributed by atoms with Gasteiger partial charge in [-0.1, -0.05) is 34.1 Å². The monoisotopic (exact) mass is 521 g/mol. The molecule has 0 atom stereocenters. The van der Waals surface area contributed by atoms with E-state index in [1.165, 1.54) is 0 Å². The first kappa shape index (κ1) is 22.5. The van der Waals surface area contributed by atoms with Crippen LogP contribution in [0.2, 0.25) is 0 Å². The molecule has 0 unspecified atom stereocenters. The third-order valence-electron chi connectivity index (χ3n) is 6.05. The van der Waals surface area contributed by atoms with Crippen LogP contribution in [-0.4, -0.2) is 38.2 Å². The van der Waals surface area contributed by atoms with Gasteiger partial charge in [0.05, 0.1) is 25.3 Å². The number of para-hydroxylation sites is 1. The minimum Gasteiger partial charge on any atom is -0.496 e. The molecule has 0 spiro atoms. The molecule has 0 fully saturated rings. The maximum absolute atomic E-state index is 13.1. The predicted octanol–water partition coefficient (Wildman–Crippen LogP) is 5.48. The molecule has 0 bridgehead atoms. The van der Waals surface area contributed by atoms with Crippen LogP contribution in [0.15, 0.2) is 64.8 Å². The van der Waals surface area contributed by atoms with Crippen molar-refractivity contribution in [1.82, 2.24) is 4.90 Å². The Balaban J connectivity index is 1.38. The van der Waals surface area contributed by atoms with Gasteiger partial charge in [0.1, 0.15) is 29.7 Å². The zero-order chi connectivity index (χ0) is 23.7. The first-order chi connectivity index (χ1) is 16.6. The second kappa shape index (κ2) is 9.52. The smallest absolute Gasteiger partial charge is 0.231 e. The van der Waals surface area contributed by atoms with Crippen LogP contribution in [0.5, 0.6) is 23.0 Å². The van der Waals surface area contributed by atoms with Crippen LogP contribution < -0.4 is 18.9 Å². The highest BCUT2D eigenvalue weighted by molar-refractivity contribution is 9.10. The molecule has 2 heterocycles. The number of fused-ring (bicyclic) bond motifs is 3. The third kappa shape index (κ3) is 4.29. The summed E-state index contributed by atoms with van der Waals surface area (Å²) in [5.74, 6) is 2.99. The van der Waals surface area contributed by atoms with Gasteiger partial charge in [-0.05, 0) is 54.5 Å². The highest BCUT2D eigenvalue weighted by Gasteiger charge is 2.33. The summed E-state index contributed by atoms with van der Waals surface area (Å²) >= 11 is 3.47. The molecule has 0 saturated carbocycles. The molecule has 174 valence electrons. The molecule has 3 aromatic carbocycles. The summed E-state index contributed by atoms with van der Waals surface area (Å²) in [6, 6.07) is 17.3. The summed E-state index contributed by atoms with van der Waals surface area (Å²) in [7, 11) is 3.29. The molecule has 0 N–H and O–H groups in total. The number of Topliss-reactive ketones (excluding diaryl/α,β-unsaturated/α-hetero) is 1. The highest BCUT2D eigenvalue weighted by Crippen LogP contribution is 2.42. The summed E-state index contributed by atoms with van der Waals surface area (Å²) < 4.78 is 23.9. The van der Waals surface area contributed by atoms with Gasteiger partial charge in [0, 0.05) is 23.1 Å². The van der Waals surface area contributed by atoms with E-state index in [2.05, 4.69) is 26.9 Å². The number of hydrogen-bond donors (Lipinski definition) is 0. The Morgan fingerprint density at radius 2 is 1.88 bits per heavy atom. The van der Waals surface area contributed by atoms with E-state index in [1.807, 2.05) is 42.5 Å². The topological polar surface area (TPSA) is 57.2 Å². The third-order valence-corrected chi connectivity index (χ3v) is 6.54. The maximum atomic E-state index is 13.1. The van der Waals surface area contributed by atoms with Gasteiger partial charge in [0.15, 0.2) is 5.76 Å². The number of ketones is 1. The number of ether oxygens (including phenoxy) is 4. The zero-order valence-corrected chi connectivity index (χ0v) is 20.6. The molecule has 0 radical (unpaired) electrons. The Morgan fingerprint density at radius 3 is 2.71 bits per heavy atom. The Bertz CT molecular complexity index is 1290. The Labute approximate surface area is 206 Å². The molecular weight excluding hydrogens is 498 g/mol. The van der Waals surface area contributed by atoms with Crippen LogP contribution in [0.25, 0.3) is 6.08 Å². The molecule has 0 aliphatic carbocycles. The number of benzene rings is 3. The molecule has 7 heteroatoms. The number of carbonyl (C=O) groups excluding carboxylic acids is 1. The van der Waals surface area contributed by atoms with Crippen molar-refractivity contribution in [3.8, 4) is 23.0 Å². The molecule has 6 nitrogen and oxygen atoms in total. The van der Waals surface area contributed by atoms with Crippen LogP contribution in [0.3, 0.4) is 0 Å². The van der Waals surface area contributed by atoms with Gasteiger partial charge < -0.3 is 18.9 Å². The molecular formula is C27H24BrNO5. The van der Waals surface area contributed by atoms with Crippen molar-refractivity contribution >= 4 is 27.8 Å². The van der Waals surface area contributed by atoms with Gasteiger partial charge in [-0.2, -0.15) is 0 Å². The number of carbonyl (C=O) groups is 1. The molecule has 0 aromatic heterocycles. The van der Waals surface area contributed by atoms with Crippen molar-refractivity contribution in [2.24, 2.45) is 0 Å². The minimum atomic E-state index is -0.147. The molecule has 2 aliphatic rings. The zero-order valence-electron chi connectivity index (χ0n) is 19.0. The number of hydrogen-bond acceptors (Lipinski definition) is 6. The lowest BCUT2D eigenvalue weighted by atomic mass is 10.0. The molecule has 3 aromatic rings. The highest BCUT2D eigenvalue weighted by atomic mass is 79.9. The van der Waals surface area contributed by atoms with Crippen molar-refractivity contribution in [3.05, 3.63) is 87.1 Å². The van der Waals surface area contributed by atoms with Crippen LogP contribution in [-0.2, 0) is 13.0 Å². The Hall–Kier alpha value is -3.29. The van der Waals surface area contributed by atoms with Crippen molar-refractivity contribution < 1.29 is 23.7 Å². The molecule has 5 rings (SSSR count). The Kier molecular flexibility index (Phi) is 6.30. The van der Waals surface area contributed by atoms with E-state index in [9.17, 15) is 4.79 Å². The fourth-order valence-electron chi connectivity index (χ4n) is 4.30. The van der Waals surface area contributed by atoms with Gasteiger partial charge in [-0.15, -0.1) is 0 Å². The van der Waals surface area contributed by atoms with Crippen molar-refractivity contribution in [2.45, 2.75) is 13.0 Å². The fraction of sp³-hybridized carbons (Fsp3) is 0.222. The van der Waals surface area contributed by atoms with Crippen molar-refractivity contribution in [2.75, 3.05) is 27.5 Å². The quantitative estimate of drug-likeness (QED) is 0.400. The van der Waals surface area contributed by atoms with Crippen LogP contribution in [0, 0.1) is 0 Å². The predicted molar refractivity (Wildman–Crippen MR) is 133 cm³/mol. The van der Waals surface area contributed by atoms with Gasteiger partial charge in [-0.3, -0.25) is 9.69 Å². The summed E-state index contributed by atoms with van der Waals surface area (Å²) in [4.78, 5) is 15.3. The average Bonchev–Trinajstić information content (AvgIpc) is 3.18. The first-order valence-electron chi connectivity index (χ1n) is 11.0. The van der Waals surface area contributed by atoms with E-state index < -0.39 is 0 Å². The fourth-order valence-corrected chi connectivity index (χ4v) is 4.67. The molecule has 2 aliphatic heterocycles. The second-order valence-electron chi connectivity index (χ2n) is 8.13.